The van der Waals surface area contributed by atoms with E-state index >= 15 is 0 Å². The van der Waals surface area contributed by atoms with Gasteiger partial charge in [0.05, 0.1) is 0 Å². The van der Waals surface area contributed by atoms with Crippen LogP contribution in [-0.2, 0) is 25.7 Å². The van der Waals surface area contributed by atoms with Crippen molar-refractivity contribution in [3.05, 3.63) is 58.4 Å². The lowest BCUT2D eigenvalue weighted by atomic mass is 9.73. The first-order valence-electron chi connectivity index (χ1n) is 9.82. The van der Waals surface area contributed by atoms with E-state index in [9.17, 15) is 0 Å². The number of aryl methyl sites for hydroxylation is 1. The molecule has 5 rings (SSSR count). The average molecular weight is 351 g/mol. The Balaban J connectivity index is 1.31. The molecule has 1 aliphatic heterocycles. The molecule has 0 bridgehead atoms. The van der Waals surface area contributed by atoms with E-state index in [1.165, 1.54) is 66.0 Å². The molecule has 0 radical (unpaired) electrons. The van der Waals surface area contributed by atoms with Gasteiger partial charge in [-0.2, -0.15) is 0 Å². The first-order chi connectivity index (χ1) is 12.3. The summed E-state index contributed by atoms with van der Waals surface area (Å²) in [4.78, 5) is 7.66. The van der Waals surface area contributed by atoms with Crippen LogP contribution in [0.5, 0.6) is 0 Å². The molecule has 130 valence electrons. The third-order valence-corrected chi connectivity index (χ3v) is 7.08. The van der Waals surface area contributed by atoms with Crippen molar-refractivity contribution in [1.82, 2.24) is 9.88 Å². The summed E-state index contributed by atoms with van der Waals surface area (Å²) in [6, 6.07) is 10.9. The minimum atomic E-state index is 0.590. The van der Waals surface area contributed by atoms with E-state index in [-0.39, 0.29) is 0 Å². The van der Waals surface area contributed by atoms with Crippen LogP contribution in [-0.4, -0.2) is 34.4 Å². The van der Waals surface area contributed by atoms with E-state index in [2.05, 4.69) is 40.2 Å². The zero-order valence-electron chi connectivity index (χ0n) is 14.8. The predicted octanol–water partition coefficient (Wildman–Crippen LogP) is 3.96. The third-order valence-electron chi connectivity index (χ3n) is 6.57. The fourth-order valence-electron chi connectivity index (χ4n) is 5.23. The Labute approximate surface area is 155 Å². The number of aromatic nitrogens is 1. The molecular weight excluding hydrogens is 324 g/mol. The summed E-state index contributed by atoms with van der Waals surface area (Å²) in [6.07, 6.45) is 7.42. The molecular formula is C22H26N2S. The van der Waals surface area contributed by atoms with Crippen LogP contribution in [0.25, 0.3) is 0 Å². The number of hydrogen-bond acceptors (Lipinski definition) is 2. The van der Waals surface area contributed by atoms with Crippen LogP contribution in [0.2, 0.25) is 0 Å². The molecule has 2 aromatic rings. The maximum absolute atomic E-state index is 6.04. The van der Waals surface area contributed by atoms with Crippen LogP contribution in [0.3, 0.4) is 0 Å². The quantitative estimate of drug-likeness (QED) is 0.845. The van der Waals surface area contributed by atoms with Gasteiger partial charge in [-0.1, -0.05) is 42.5 Å². The lowest BCUT2D eigenvalue weighted by molar-refractivity contribution is 0.153. The molecule has 1 aromatic heterocycles. The van der Waals surface area contributed by atoms with Crippen molar-refractivity contribution in [2.45, 2.75) is 38.5 Å². The Morgan fingerprint density at radius 3 is 2.88 bits per heavy atom. The summed E-state index contributed by atoms with van der Waals surface area (Å²) in [7, 11) is 0. The van der Waals surface area contributed by atoms with Crippen LogP contribution in [0.15, 0.2) is 30.3 Å². The Morgan fingerprint density at radius 1 is 1.12 bits per heavy atom. The molecule has 2 aliphatic carbocycles. The standard InChI is InChI=1S/C22H26N2S/c25-22-18-14-24(11-9-15-5-2-1-3-6-15)12-10-16(18)13-20-21(22)17-7-4-8-19(17)23-20/h1-3,5-6,16,18,23H,4,7-14H2/t16-,18+/m0/s1. The van der Waals surface area contributed by atoms with Gasteiger partial charge < -0.3 is 9.88 Å². The van der Waals surface area contributed by atoms with E-state index in [0.717, 1.165) is 25.4 Å². The van der Waals surface area contributed by atoms with Gasteiger partial charge >= 0.3 is 0 Å². The second kappa shape index (κ2) is 6.37. The lowest BCUT2D eigenvalue weighted by Gasteiger charge is -2.41. The second-order valence-corrected chi connectivity index (χ2v) is 8.49. The summed E-state index contributed by atoms with van der Waals surface area (Å²) in [5.41, 5.74) is 7.44. The Kier molecular flexibility index (Phi) is 4.02. The normalized spacial score (nSPS) is 25.5. The Morgan fingerprint density at radius 2 is 2.00 bits per heavy atom. The highest BCUT2D eigenvalue weighted by atomic mass is 32.1. The molecule has 1 fully saturated rings. The number of piperidine rings is 1. The van der Waals surface area contributed by atoms with Gasteiger partial charge in [-0.3, -0.25) is 0 Å². The minimum Gasteiger partial charge on any atom is -0.361 e. The molecule has 0 spiro atoms. The minimum absolute atomic E-state index is 0.590. The number of rotatable bonds is 3. The molecule has 3 aliphatic rings. The highest BCUT2D eigenvalue weighted by molar-refractivity contribution is 7.80. The van der Waals surface area contributed by atoms with Crippen molar-refractivity contribution in [3.63, 3.8) is 0 Å². The number of aromatic amines is 1. The van der Waals surface area contributed by atoms with Crippen molar-refractivity contribution < 1.29 is 0 Å². The molecule has 2 heterocycles. The number of nitrogens with zero attached hydrogens (tertiary/aromatic N) is 1. The number of likely N-dealkylation sites (tertiary alicyclic amines) is 1. The van der Waals surface area contributed by atoms with Crippen molar-refractivity contribution in [3.8, 4) is 0 Å². The number of fused-ring (bicyclic) bond motifs is 4. The fourth-order valence-corrected chi connectivity index (χ4v) is 5.74. The SMILES string of the molecule is S=C1c2c([nH]c3c2CCC3)C[C@@H]2CCN(CCc3ccccc3)C[C@@H]12. The molecule has 1 saturated heterocycles. The van der Waals surface area contributed by atoms with E-state index in [1.807, 2.05) is 0 Å². The zero-order chi connectivity index (χ0) is 16.8. The van der Waals surface area contributed by atoms with Crippen molar-refractivity contribution in [2.24, 2.45) is 11.8 Å². The molecule has 1 aromatic carbocycles. The fraction of sp³-hybridized carbons (Fsp3) is 0.500. The van der Waals surface area contributed by atoms with Crippen LogP contribution < -0.4 is 0 Å². The number of H-pyrrole nitrogens is 1. The summed E-state index contributed by atoms with van der Waals surface area (Å²) < 4.78 is 0. The molecule has 0 amide bonds. The maximum Gasteiger partial charge on any atom is 0.0292 e. The van der Waals surface area contributed by atoms with Gasteiger partial charge in [0.2, 0.25) is 0 Å². The molecule has 1 N–H and O–H groups in total. The number of thiocarbonyl (C=S) groups is 1. The number of nitrogens with one attached hydrogen (secondary N) is 1. The predicted molar refractivity (Wildman–Crippen MR) is 106 cm³/mol. The molecule has 0 unspecified atom stereocenters. The largest absolute Gasteiger partial charge is 0.361 e. The van der Waals surface area contributed by atoms with Crippen LogP contribution in [0, 0.1) is 11.8 Å². The van der Waals surface area contributed by atoms with Crippen molar-refractivity contribution in [1.29, 1.82) is 0 Å². The summed E-state index contributed by atoms with van der Waals surface area (Å²) in [6.45, 7) is 3.55. The van der Waals surface area contributed by atoms with E-state index in [4.69, 9.17) is 12.2 Å². The second-order valence-electron chi connectivity index (χ2n) is 8.05. The van der Waals surface area contributed by atoms with Gasteiger partial charge in [-0.05, 0) is 62.1 Å². The maximum atomic E-state index is 6.04. The average Bonchev–Trinajstić information content (AvgIpc) is 3.22. The molecule has 2 atom stereocenters. The van der Waals surface area contributed by atoms with Gasteiger partial charge in [0, 0.05) is 40.8 Å². The zero-order valence-corrected chi connectivity index (χ0v) is 15.6. The summed E-state index contributed by atoms with van der Waals surface area (Å²) >= 11 is 6.04. The van der Waals surface area contributed by atoms with Gasteiger partial charge in [0.25, 0.3) is 0 Å². The van der Waals surface area contributed by atoms with Crippen LogP contribution in [0.4, 0.5) is 0 Å². The third kappa shape index (κ3) is 2.78. The Hall–Kier alpha value is -1.45. The highest BCUT2D eigenvalue weighted by Gasteiger charge is 2.39. The highest BCUT2D eigenvalue weighted by Crippen LogP contribution is 2.40. The lowest BCUT2D eigenvalue weighted by Crippen LogP contribution is -2.47. The van der Waals surface area contributed by atoms with E-state index in [0.29, 0.717) is 5.92 Å². The van der Waals surface area contributed by atoms with E-state index < -0.39 is 0 Å². The Bertz CT molecular complexity index is 792. The summed E-state index contributed by atoms with van der Waals surface area (Å²) in [5, 5.41) is 0. The monoisotopic (exact) mass is 350 g/mol. The first kappa shape index (κ1) is 15.8. The number of hydrogen-bond donors (Lipinski definition) is 1. The summed E-state index contributed by atoms with van der Waals surface area (Å²) in [5.74, 6) is 1.35. The molecule has 2 nitrogen and oxygen atoms in total. The van der Waals surface area contributed by atoms with Crippen molar-refractivity contribution >= 4 is 17.1 Å². The topological polar surface area (TPSA) is 19.0 Å². The molecule has 25 heavy (non-hydrogen) atoms. The van der Waals surface area contributed by atoms with E-state index in [1.54, 1.807) is 5.56 Å². The number of benzene rings is 1. The first-order valence-corrected chi connectivity index (χ1v) is 10.2. The van der Waals surface area contributed by atoms with Crippen molar-refractivity contribution in [2.75, 3.05) is 19.6 Å². The van der Waals surface area contributed by atoms with Crippen LogP contribution in [0.1, 0.15) is 40.9 Å². The van der Waals surface area contributed by atoms with Gasteiger partial charge in [0.1, 0.15) is 0 Å². The van der Waals surface area contributed by atoms with Crippen LogP contribution >= 0.6 is 12.2 Å². The molecule has 3 heteroatoms. The van der Waals surface area contributed by atoms with Gasteiger partial charge in [0.15, 0.2) is 0 Å². The molecule has 0 saturated carbocycles. The van der Waals surface area contributed by atoms with Gasteiger partial charge in [-0.15, -0.1) is 0 Å². The smallest absolute Gasteiger partial charge is 0.0292 e. The van der Waals surface area contributed by atoms with Gasteiger partial charge in [-0.25, -0.2) is 0 Å².